The molecule has 0 fully saturated rings. The molecule has 26 heavy (non-hydrogen) atoms. The molecule has 0 aliphatic carbocycles. The zero-order valence-corrected chi connectivity index (χ0v) is 15.4. The fourth-order valence-electron chi connectivity index (χ4n) is 2.54. The summed E-state index contributed by atoms with van der Waals surface area (Å²) in [6.07, 6.45) is 0. The largest absolute Gasteiger partial charge is 0.494 e. The van der Waals surface area contributed by atoms with E-state index >= 15 is 0 Å². The highest BCUT2D eigenvalue weighted by atomic mass is 32.2. The van der Waals surface area contributed by atoms with Crippen LogP contribution in [0.25, 0.3) is 10.9 Å². The standard InChI is InChI=1S/C20H19FN2O2S/c1-23(12-14-7-9-18(25-2)16(21)11-14)20(24)13-26-19-10-8-15-5-3-4-6-17(15)22-19/h3-11H,12-13H2,1-2H3. The van der Waals surface area contributed by atoms with E-state index in [1.54, 1.807) is 24.1 Å². The van der Waals surface area contributed by atoms with Crippen LogP contribution in [-0.2, 0) is 11.3 Å². The van der Waals surface area contributed by atoms with Crippen LogP contribution in [0.15, 0.2) is 59.6 Å². The third kappa shape index (κ3) is 4.32. The minimum atomic E-state index is -0.430. The number of carbonyl (C=O) groups is 1. The number of hydrogen-bond acceptors (Lipinski definition) is 4. The average Bonchev–Trinajstić information content (AvgIpc) is 2.66. The number of carbonyl (C=O) groups excluding carboxylic acids is 1. The van der Waals surface area contributed by atoms with Crippen molar-refractivity contribution in [2.75, 3.05) is 19.9 Å². The number of aromatic nitrogens is 1. The van der Waals surface area contributed by atoms with Crippen LogP contribution >= 0.6 is 11.8 Å². The number of methoxy groups -OCH3 is 1. The van der Waals surface area contributed by atoms with Gasteiger partial charge in [-0.3, -0.25) is 4.79 Å². The lowest BCUT2D eigenvalue weighted by molar-refractivity contribution is -0.127. The van der Waals surface area contributed by atoms with E-state index in [0.717, 1.165) is 15.9 Å². The fourth-order valence-corrected chi connectivity index (χ4v) is 3.36. The molecule has 6 heteroatoms. The molecule has 0 unspecified atom stereocenters. The summed E-state index contributed by atoms with van der Waals surface area (Å²) in [5, 5.41) is 1.88. The van der Waals surface area contributed by atoms with Gasteiger partial charge >= 0.3 is 0 Å². The van der Waals surface area contributed by atoms with E-state index in [-0.39, 0.29) is 17.4 Å². The normalized spacial score (nSPS) is 10.7. The summed E-state index contributed by atoms with van der Waals surface area (Å²) >= 11 is 1.40. The van der Waals surface area contributed by atoms with Crippen LogP contribution in [0, 0.1) is 5.82 Å². The van der Waals surface area contributed by atoms with Gasteiger partial charge in [-0.15, -0.1) is 0 Å². The van der Waals surface area contributed by atoms with Crippen LogP contribution in [0.5, 0.6) is 5.75 Å². The maximum absolute atomic E-state index is 13.8. The van der Waals surface area contributed by atoms with Crippen LogP contribution in [-0.4, -0.2) is 35.7 Å². The molecule has 0 radical (unpaired) electrons. The molecule has 0 aliphatic rings. The predicted octanol–water partition coefficient (Wildman–Crippen LogP) is 4.13. The highest BCUT2D eigenvalue weighted by molar-refractivity contribution is 7.99. The summed E-state index contributed by atoms with van der Waals surface area (Å²) in [4.78, 5) is 18.5. The number of rotatable bonds is 6. The van der Waals surface area contributed by atoms with Crippen LogP contribution in [0.3, 0.4) is 0 Å². The fraction of sp³-hybridized carbons (Fsp3) is 0.200. The number of halogens is 1. The molecule has 0 N–H and O–H groups in total. The van der Waals surface area contributed by atoms with E-state index in [2.05, 4.69) is 4.98 Å². The van der Waals surface area contributed by atoms with Gasteiger partial charge in [-0.1, -0.05) is 42.1 Å². The van der Waals surface area contributed by atoms with Gasteiger partial charge in [0.1, 0.15) is 0 Å². The van der Waals surface area contributed by atoms with Crippen LogP contribution in [0.4, 0.5) is 4.39 Å². The molecule has 0 aliphatic heterocycles. The van der Waals surface area contributed by atoms with Crippen molar-refractivity contribution in [3.8, 4) is 5.75 Å². The van der Waals surface area contributed by atoms with Crippen LogP contribution in [0.2, 0.25) is 0 Å². The van der Waals surface area contributed by atoms with Crippen molar-refractivity contribution < 1.29 is 13.9 Å². The van der Waals surface area contributed by atoms with Crippen molar-refractivity contribution in [1.82, 2.24) is 9.88 Å². The molecule has 0 bridgehead atoms. The Hall–Kier alpha value is -2.60. The number of pyridine rings is 1. The van der Waals surface area contributed by atoms with Crippen molar-refractivity contribution in [3.05, 3.63) is 66.0 Å². The smallest absolute Gasteiger partial charge is 0.233 e. The molecule has 134 valence electrons. The molecular weight excluding hydrogens is 351 g/mol. The first kappa shape index (κ1) is 18.2. The van der Waals surface area contributed by atoms with Crippen LogP contribution < -0.4 is 4.74 Å². The SMILES string of the molecule is COc1ccc(CN(C)C(=O)CSc2ccc3ccccc3n2)cc1F. The second kappa shape index (κ2) is 8.19. The number of benzene rings is 2. The van der Waals surface area contributed by atoms with E-state index < -0.39 is 5.82 Å². The number of hydrogen-bond donors (Lipinski definition) is 0. The van der Waals surface area contributed by atoms with Crippen molar-refractivity contribution in [3.63, 3.8) is 0 Å². The lowest BCUT2D eigenvalue weighted by Gasteiger charge is -2.17. The monoisotopic (exact) mass is 370 g/mol. The van der Waals surface area contributed by atoms with E-state index in [0.29, 0.717) is 12.1 Å². The van der Waals surface area contributed by atoms with E-state index in [9.17, 15) is 9.18 Å². The first-order chi connectivity index (χ1) is 12.6. The predicted molar refractivity (Wildman–Crippen MR) is 102 cm³/mol. The first-order valence-electron chi connectivity index (χ1n) is 8.12. The minimum Gasteiger partial charge on any atom is -0.494 e. The van der Waals surface area contributed by atoms with E-state index in [4.69, 9.17) is 4.74 Å². The number of nitrogens with zero attached hydrogens (tertiary/aromatic N) is 2. The number of amides is 1. The van der Waals surface area contributed by atoms with Gasteiger partial charge in [-0.2, -0.15) is 0 Å². The summed E-state index contributed by atoms with van der Waals surface area (Å²) in [7, 11) is 3.13. The average molecular weight is 370 g/mol. The van der Waals surface area contributed by atoms with Gasteiger partial charge in [0.05, 0.1) is 23.4 Å². The second-order valence-electron chi connectivity index (χ2n) is 5.85. The Balaban J connectivity index is 1.59. The van der Waals surface area contributed by atoms with Gasteiger partial charge in [0.25, 0.3) is 0 Å². The summed E-state index contributed by atoms with van der Waals surface area (Å²) in [6, 6.07) is 16.5. The number of fused-ring (bicyclic) bond motifs is 1. The highest BCUT2D eigenvalue weighted by Crippen LogP contribution is 2.21. The lowest BCUT2D eigenvalue weighted by atomic mass is 10.2. The van der Waals surface area contributed by atoms with Crippen molar-refractivity contribution in [2.45, 2.75) is 11.6 Å². The molecule has 0 saturated carbocycles. The highest BCUT2D eigenvalue weighted by Gasteiger charge is 2.12. The summed E-state index contributed by atoms with van der Waals surface area (Å²) in [6.45, 7) is 0.339. The van der Waals surface area contributed by atoms with Crippen molar-refractivity contribution >= 4 is 28.6 Å². The third-order valence-corrected chi connectivity index (χ3v) is 4.89. The Morgan fingerprint density at radius 3 is 2.77 bits per heavy atom. The Kier molecular flexibility index (Phi) is 5.73. The molecule has 0 atom stereocenters. The van der Waals surface area contributed by atoms with Crippen molar-refractivity contribution in [2.24, 2.45) is 0 Å². The Morgan fingerprint density at radius 1 is 1.19 bits per heavy atom. The summed E-state index contributed by atoms with van der Waals surface area (Å²) in [5.74, 6) is 0.00273. The number of para-hydroxylation sites is 1. The third-order valence-electron chi connectivity index (χ3n) is 3.98. The van der Waals surface area contributed by atoms with E-state index in [1.807, 2.05) is 36.4 Å². The molecule has 0 saturated heterocycles. The van der Waals surface area contributed by atoms with Gasteiger partial charge in [0.15, 0.2) is 11.6 Å². The molecule has 4 nitrogen and oxygen atoms in total. The lowest BCUT2D eigenvalue weighted by Crippen LogP contribution is -2.27. The molecule has 1 heterocycles. The van der Waals surface area contributed by atoms with Gasteiger partial charge < -0.3 is 9.64 Å². The topological polar surface area (TPSA) is 42.4 Å². The van der Waals surface area contributed by atoms with Gasteiger partial charge in [0.2, 0.25) is 5.91 Å². The summed E-state index contributed by atoms with van der Waals surface area (Å²) < 4.78 is 18.7. The zero-order chi connectivity index (χ0) is 18.5. The molecule has 2 aromatic carbocycles. The Morgan fingerprint density at radius 2 is 2.00 bits per heavy atom. The Labute approximate surface area is 156 Å². The van der Waals surface area contributed by atoms with Crippen molar-refractivity contribution in [1.29, 1.82) is 0 Å². The molecule has 1 aromatic heterocycles. The summed E-state index contributed by atoms with van der Waals surface area (Å²) in [5.41, 5.74) is 1.62. The van der Waals surface area contributed by atoms with Gasteiger partial charge in [-0.05, 0) is 29.8 Å². The minimum absolute atomic E-state index is 0.0406. The second-order valence-corrected chi connectivity index (χ2v) is 6.85. The molecule has 0 spiro atoms. The quantitative estimate of drug-likeness (QED) is 0.612. The maximum Gasteiger partial charge on any atom is 0.233 e. The van der Waals surface area contributed by atoms with Gasteiger partial charge in [0, 0.05) is 19.0 Å². The maximum atomic E-state index is 13.8. The zero-order valence-electron chi connectivity index (χ0n) is 14.6. The number of thioether (sulfide) groups is 1. The van der Waals surface area contributed by atoms with E-state index in [1.165, 1.54) is 24.9 Å². The molecular formula is C20H19FN2O2S. The first-order valence-corrected chi connectivity index (χ1v) is 9.10. The molecule has 3 rings (SSSR count). The molecule has 3 aromatic rings. The van der Waals surface area contributed by atoms with Crippen LogP contribution in [0.1, 0.15) is 5.56 Å². The Bertz CT molecular complexity index is 933. The molecule has 1 amide bonds. The number of ether oxygens (including phenoxy) is 1. The van der Waals surface area contributed by atoms with Gasteiger partial charge in [-0.25, -0.2) is 9.37 Å².